The lowest BCUT2D eigenvalue weighted by Gasteiger charge is -2.38. The summed E-state index contributed by atoms with van der Waals surface area (Å²) in [4.78, 5) is 49.4. The fraction of sp³-hybridized carbons (Fsp3) is 0.486. The Morgan fingerprint density at radius 1 is 0.848 bits per heavy atom. The third kappa shape index (κ3) is 5.23. The van der Waals surface area contributed by atoms with Crippen LogP contribution >= 0.6 is 0 Å². The molecular weight excluding hydrogens is 582 g/mol. The summed E-state index contributed by atoms with van der Waals surface area (Å²) in [7, 11) is 0. The number of rotatable bonds is 10. The number of para-hydroxylation sites is 1. The molecule has 244 valence electrons. The number of aliphatic hydroxyl groups is 1. The minimum absolute atomic E-state index is 0.124. The summed E-state index contributed by atoms with van der Waals surface area (Å²) in [6.45, 7) is 9.48. The SMILES string of the molecule is CCOc1ccc(N2CC=C[C@@]3(C)O[C@]45C=CCN(c6c(C)cccc6C)C(=O)C4N(CCCCCCO)C(=O)[C@@H]5[C@H]3C2=O)cc1. The maximum absolute atomic E-state index is 14.8. The quantitative estimate of drug-likeness (QED) is 0.302. The van der Waals surface area contributed by atoms with Gasteiger partial charge in [-0.25, -0.2) is 0 Å². The van der Waals surface area contributed by atoms with E-state index in [0.29, 0.717) is 44.8 Å². The molecule has 9 nitrogen and oxygen atoms in total. The highest BCUT2D eigenvalue weighted by molar-refractivity contribution is 6.08. The molecule has 4 heterocycles. The van der Waals surface area contributed by atoms with Crippen molar-refractivity contribution in [2.45, 2.75) is 70.6 Å². The van der Waals surface area contributed by atoms with Gasteiger partial charge in [-0.3, -0.25) is 14.4 Å². The minimum Gasteiger partial charge on any atom is -0.494 e. The molecule has 0 aromatic heterocycles. The van der Waals surface area contributed by atoms with E-state index in [2.05, 4.69) is 0 Å². The van der Waals surface area contributed by atoms with Gasteiger partial charge in [0.2, 0.25) is 11.8 Å². The van der Waals surface area contributed by atoms with Crippen LogP contribution in [0.5, 0.6) is 5.75 Å². The Hall–Kier alpha value is -3.95. The Balaban J connectivity index is 1.41. The van der Waals surface area contributed by atoms with Gasteiger partial charge in [-0.05, 0) is 75.9 Å². The predicted octanol–water partition coefficient (Wildman–Crippen LogP) is 4.73. The number of carbonyl (C=O) groups excluding carboxylic acids is 3. The lowest BCUT2D eigenvalue weighted by molar-refractivity contribution is -0.144. The first-order valence-electron chi connectivity index (χ1n) is 16.6. The van der Waals surface area contributed by atoms with Gasteiger partial charge in [-0.15, -0.1) is 0 Å². The summed E-state index contributed by atoms with van der Waals surface area (Å²) >= 11 is 0. The van der Waals surface area contributed by atoms with Crippen LogP contribution in [0.15, 0.2) is 66.8 Å². The number of hydrogen-bond donors (Lipinski definition) is 1. The van der Waals surface area contributed by atoms with E-state index in [1.165, 1.54) is 0 Å². The van der Waals surface area contributed by atoms with Crippen molar-refractivity contribution in [3.8, 4) is 5.75 Å². The normalized spacial score (nSPS) is 28.7. The van der Waals surface area contributed by atoms with Crippen molar-refractivity contribution in [1.82, 2.24) is 4.90 Å². The van der Waals surface area contributed by atoms with Gasteiger partial charge < -0.3 is 29.3 Å². The monoisotopic (exact) mass is 627 g/mol. The van der Waals surface area contributed by atoms with Crippen LogP contribution in [0.25, 0.3) is 0 Å². The average molecular weight is 628 g/mol. The van der Waals surface area contributed by atoms with Gasteiger partial charge in [0.25, 0.3) is 5.91 Å². The topological polar surface area (TPSA) is 99.6 Å². The Morgan fingerprint density at radius 2 is 1.52 bits per heavy atom. The van der Waals surface area contributed by atoms with Crippen LogP contribution in [0.2, 0.25) is 0 Å². The number of aliphatic hydroxyl groups excluding tert-OH is 1. The van der Waals surface area contributed by atoms with Crippen LogP contribution in [-0.2, 0) is 19.1 Å². The number of ether oxygens (including phenoxy) is 2. The molecule has 2 aromatic rings. The molecule has 2 fully saturated rings. The van der Waals surface area contributed by atoms with Crippen molar-refractivity contribution in [3.05, 3.63) is 77.9 Å². The zero-order chi connectivity index (χ0) is 32.6. The van der Waals surface area contributed by atoms with Gasteiger partial charge in [0.1, 0.15) is 17.4 Å². The molecule has 4 aliphatic heterocycles. The molecule has 1 spiro atoms. The summed E-state index contributed by atoms with van der Waals surface area (Å²) in [6.07, 6.45) is 10.7. The molecule has 1 N–H and O–H groups in total. The highest BCUT2D eigenvalue weighted by Crippen LogP contribution is 2.58. The molecule has 1 unspecified atom stereocenters. The number of aryl methyl sites for hydroxylation is 2. The molecule has 4 aliphatic rings. The summed E-state index contributed by atoms with van der Waals surface area (Å²) in [6, 6.07) is 12.4. The molecule has 2 saturated heterocycles. The van der Waals surface area contributed by atoms with Crippen molar-refractivity contribution >= 4 is 29.1 Å². The molecule has 0 radical (unpaired) electrons. The maximum atomic E-state index is 14.8. The first-order valence-corrected chi connectivity index (χ1v) is 16.6. The van der Waals surface area contributed by atoms with Gasteiger partial charge in [-0.2, -0.15) is 0 Å². The van der Waals surface area contributed by atoms with E-state index in [1.807, 2.05) is 94.5 Å². The van der Waals surface area contributed by atoms with Crippen LogP contribution in [0.4, 0.5) is 11.4 Å². The highest BCUT2D eigenvalue weighted by Gasteiger charge is 2.74. The number of fused-ring (bicyclic) bond motifs is 2. The van der Waals surface area contributed by atoms with E-state index in [9.17, 15) is 19.5 Å². The number of anilines is 2. The highest BCUT2D eigenvalue weighted by atomic mass is 16.5. The zero-order valence-corrected chi connectivity index (χ0v) is 27.3. The molecule has 0 bridgehead atoms. The third-order valence-electron chi connectivity index (χ3n) is 10.0. The van der Waals surface area contributed by atoms with Crippen LogP contribution < -0.4 is 14.5 Å². The van der Waals surface area contributed by atoms with E-state index < -0.39 is 29.1 Å². The van der Waals surface area contributed by atoms with Gasteiger partial charge in [-0.1, -0.05) is 55.3 Å². The first-order chi connectivity index (χ1) is 22.2. The molecule has 6 rings (SSSR count). The van der Waals surface area contributed by atoms with E-state index in [1.54, 1.807) is 14.7 Å². The minimum atomic E-state index is -1.31. The molecule has 0 aliphatic carbocycles. The second kappa shape index (κ2) is 12.7. The Labute approximate surface area is 271 Å². The van der Waals surface area contributed by atoms with Crippen LogP contribution in [-0.4, -0.2) is 77.8 Å². The molecule has 46 heavy (non-hydrogen) atoms. The lowest BCUT2D eigenvalue weighted by Crippen LogP contribution is -2.56. The van der Waals surface area contributed by atoms with Crippen LogP contribution in [0, 0.1) is 25.7 Å². The second-order valence-corrected chi connectivity index (χ2v) is 13.0. The number of likely N-dealkylation sites (tertiary alicyclic amines) is 1. The van der Waals surface area contributed by atoms with E-state index >= 15 is 0 Å². The molecule has 9 heteroatoms. The van der Waals surface area contributed by atoms with Crippen molar-refractivity contribution < 1.29 is 29.0 Å². The largest absolute Gasteiger partial charge is 0.494 e. The molecule has 3 amide bonds. The lowest BCUT2D eigenvalue weighted by atomic mass is 9.74. The van der Waals surface area contributed by atoms with Gasteiger partial charge in [0.15, 0.2) is 0 Å². The molecule has 0 saturated carbocycles. The van der Waals surface area contributed by atoms with E-state index in [0.717, 1.165) is 35.4 Å². The fourth-order valence-corrected chi connectivity index (χ4v) is 8.06. The van der Waals surface area contributed by atoms with Crippen molar-refractivity contribution in [3.63, 3.8) is 0 Å². The zero-order valence-electron chi connectivity index (χ0n) is 27.3. The van der Waals surface area contributed by atoms with Crippen LogP contribution in [0.1, 0.15) is 50.7 Å². The van der Waals surface area contributed by atoms with Crippen LogP contribution in [0.3, 0.4) is 0 Å². The van der Waals surface area contributed by atoms with Crippen molar-refractivity contribution in [1.29, 1.82) is 0 Å². The number of carbonyl (C=O) groups is 3. The van der Waals surface area contributed by atoms with Crippen molar-refractivity contribution in [2.24, 2.45) is 11.8 Å². The Bertz CT molecular complexity index is 1530. The van der Waals surface area contributed by atoms with Gasteiger partial charge in [0, 0.05) is 37.6 Å². The summed E-state index contributed by atoms with van der Waals surface area (Å²) in [5.74, 6) is -1.62. The van der Waals surface area contributed by atoms with Gasteiger partial charge in [0.05, 0.1) is 24.0 Å². The van der Waals surface area contributed by atoms with E-state index in [4.69, 9.17) is 9.47 Å². The molecule has 5 atom stereocenters. The number of hydrogen-bond acceptors (Lipinski definition) is 6. The standard InChI is InChI=1S/C37H45N3O6/c1-5-45-28-17-15-27(16-18-28)38-22-11-19-36(4)29(33(38)42)30-34(43)40(21-8-6-7-9-24-41)32-35(44)39(23-12-20-37(30,32)46-36)31-25(2)13-10-14-26(31)3/h10-20,29-30,32,41H,5-9,21-24H2,1-4H3/t29-,30-,32?,36+,37-/m0/s1. The smallest absolute Gasteiger partial charge is 0.253 e. The number of unbranched alkanes of at least 4 members (excludes halogenated alkanes) is 3. The molecule has 2 aromatic carbocycles. The van der Waals surface area contributed by atoms with Gasteiger partial charge >= 0.3 is 0 Å². The number of amides is 3. The maximum Gasteiger partial charge on any atom is 0.253 e. The Morgan fingerprint density at radius 3 is 2.22 bits per heavy atom. The first kappa shape index (κ1) is 32.0. The van der Waals surface area contributed by atoms with Crippen molar-refractivity contribution in [2.75, 3.05) is 42.6 Å². The average Bonchev–Trinajstić information content (AvgIpc) is 3.29. The number of benzene rings is 2. The third-order valence-corrected chi connectivity index (χ3v) is 10.0. The molecular formula is C37H45N3O6. The summed E-state index contributed by atoms with van der Waals surface area (Å²) in [5.41, 5.74) is 1.09. The summed E-state index contributed by atoms with van der Waals surface area (Å²) < 4.78 is 12.6. The number of nitrogens with zero attached hydrogens (tertiary/aromatic N) is 3. The Kier molecular flexibility index (Phi) is 8.83. The fourth-order valence-electron chi connectivity index (χ4n) is 8.06. The summed E-state index contributed by atoms with van der Waals surface area (Å²) in [5, 5.41) is 9.27. The van der Waals surface area contributed by atoms with E-state index in [-0.39, 0.29) is 24.3 Å². The predicted molar refractivity (Wildman–Crippen MR) is 177 cm³/mol. The second-order valence-electron chi connectivity index (χ2n) is 13.0.